The van der Waals surface area contributed by atoms with Crippen LogP contribution >= 0.6 is 0 Å². The number of carbonyl (C=O) groups is 1. The highest BCUT2D eigenvalue weighted by atomic mass is 19.1. The van der Waals surface area contributed by atoms with Crippen LogP contribution in [0.4, 0.5) is 10.2 Å². The molecule has 27 heavy (non-hydrogen) atoms. The number of hydrogen-bond donors (Lipinski definition) is 1. The lowest BCUT2D eigenvalue weighted by Crippen LogP contribution is -2.14. The molecule has 0 aliphatic carbocycles. The Morgan fingerprint density at radius 2 is 1.85 bits per heavy atom. The molecule has 0 aliphatic heterocycles. The molecule has 0 atom stereocenters. The summed E-state index contributed by atoms with van der Waals surface area (Å²) < 4.78 is 18.5. The van der Waals surface area contributed by atoms with Crippen LogP contribution in [-0.2, 0) is 0 Å². The molecule has 4 rings (SSSR count). The van der Waals surface area contributed by atoms with E-state index in [1.54, 1.807) is 31.2 Å². The summed E-state index contributed by atoms with van der Waals surface area (Å²) in [6.45, 7) is 3.59. The first kappa shape index (κ1) is 16.8. The van der Waals surface area contributed by atoms with E-state index in [9.17, 15) is 9.18 Å². The van der Waals surface area contributed by atoms with E-state index in [1.165, 1.54) is 12.1 Å². The molecule has 1 N–H and O–H groups in total. The highest BCUT2D eigenvalue weighted by molar-refractivity contribution is 6.12. The fourth-order valence-electron chi connectivity index (χ4n) is 2.84. The van der Waals surface area contributed by atoms with Gasteiger partial charge in [-0.25, -0.2) is 14.4 Å². The maximum atomic E-state index is 13.2. The van der Waals surface area contributed by atoms with Crippen LogP contribution in [-0.4, -0.2) is 21.0 Å². The number of nitrogens with zero attached hydrogens (tertiary/aromatic N) is 3. The van der Waals surface area contributed by atoms with E-state index in [0.717, 1.165) is 5.69 Å². The number of fused-ring (bicyclic) bond motifs is 1. The minimum Gasteiger partial charge on any atom is -0.335 e. The lowest BCUT2D eigenvalue weighted by molar-refractivity contribution is 0.102. The van der Waals surface area contributed by atoms with Crippen molar-refractivity contribution < 1.29 is 13.7 Å². The molecule has 4 aromatic rings. The predicted octanol–water partition coefficient (Wildman–Crippen LogP) is 4.29. The van der Waals surface area contributed by atoms with Crippen molar-refractivity contribution in [2.45, 2.75) is 13.8 Å². The number of rotatable bonds is 3. The van der Waals surface area contributed by atoms with Gasteiger partial charge in [-0.2, -0.15) is 0 Å². The molecule has 3 aromatic heterocycles. The standard InChI is InChI=1S/C20H15FN4O2/c1-11-4-3-5-17(22-11)24-19(26)15-10-16(13-6-8-14(21)9-7-13)23-20-18(15)12(2)25-27-20/h3-10H,1-2H3,(H,22,24,26). The van der Waals surface area contributed by atoms with Crippen LogP contribution < -0.4 is 5.32 Å². The molecule has 0 fully saturated rings. The van der Waals surface area contributed by atoms with E-state index in [1.807, 2.05) is 19.1 Å². The molecule has 0 unspecified atom stereocenters. The van der Waals surface area contributed by atoms with Crippen LogP contribution in [0.2, 0.25) is 0 Å². The van der Waals surface area contributed by atoms with Crippen LogP contribution in [0.25, 0.3) is 22.4 Å². The van der Waals surface area contributed by atoms with Gasteiger partial charge in [0, 0.05) is 11.3 Å². The number of aryl methyl sites for hydroxylation is 2. The molecule has 6 nitrogen and oxygen atoms in total. The molecular formula is C20H15FN4O2. The van der Waals surface area contributed by atoms with Crippen LogP contribution in [0.3, 0.4) is 0 Å². The number of carbonyl (C=O) groups excluding carboxylic acids is 1. The summed E-state index contributed by atoms with van der Waals surface area (Å²) in [7, 11) is 0. The van der Waals surface area contributed by atoms with E-state index < -0.39 is 0 Å². The predicted molar refractivity (Wildman–Crippen MR) is 98.9 cm³/mol. The van der Waals surface area contributed by atoms with Gasteiger partial charge in [0.2, 0.25) is 0 Å². The summed E-state index contributed by atoms with van der Waals surface area (Å²) >= 11 is 0. The Hall–Kier alpha value is -3.61. The quantitative estimate of drug-likeness (QED) is 0.588. The summed E-state index contributed by atoms with van der Waals surface area (Å²) in [5, 5.41) is 7.24. The third-order valence-electron chi connectivity index (χ3n) is 4.13. The first-order valence-electron chi connectivity index (χ1n) is 8.29. The zero-order valence-electron chi connectivity index (χ0n) is 14.7. The van der Waals surface area contributed by atoms with Crippen molar-refractivity contribution in [1.82, 2.24) is 15.1 Å². The fourth-order valence-corrected chi connectivity index (χ4v) is 2.84. The molecule has 3 heterocycles. The molecule has 0 radical (unpaired) electrons. The zero-order chi connectivity index (χ0) is 19.0. The van der Waals surface area contributed by atoms with Crippen molar-refractivity contribution in [3.8, 4) is 11.3 Å². The summed E-state index contributed by atoms with van der Waals surface area (Å²) in [4.78, 5) is 21.6. The third kappa shape index (κ3) is 3.27. The molecule has 0 aliphatic rings. The maximum absolute atomic E-state index is 13.2. The van der Waals surface area contributed by atoms with E-state index >= 15 is 0 Å². The molecule has 7 heteroatoms. The largest absolute Gasteiger partial charge is 0.335 e. The number of amides is 1. The summed E-state index contributed by atoms with van der Waals surface area (Å²) in [5.74, 6) is -0.253. The molecule has 1 aromatic carbocycles. The zero-order valence-corrected chi connectivity index (χ0v) is 14.7. The van der Waals surface area contributed by atoms with E-state index in [4.69, 9.17) is 4.52 Å². The number of aromatic nitrogens is 3. The molecule has 0 saturated heterocycles. The van der Waals surface area contributed by atoms with Crippen LogP contribution in [0.5, 0.6) is 0 Å². The van der Waals surface area contributed by atoms with Crippen molar-refractivity contribution in [3.63, 3.8) is 0 Å². The third-order valence-corrected chi connectivity index (χ3v) is 4.13. The minimum atomic E-state index is -0.352. The SMILES string of the molecule is Cc1cccc(NC(=O)c2cc(-c3ccc(F)cc3)nc3onc(C)c23)n1. The van der Waals surface area contributed by atoms with Gasteiger partial charge in [0.05, 0.1) is 22.3 Å². The van der Waals surface area contributed by atoms with Gasteiger partial charge in [-0.3, -0.25) is 4.79 Å². The Labute approximate surface area is 154 Å². The highest BCUT2D eigenvalue weighted by Crippen LogP contribution is 2.27. The van der Waals surface area contributed by atoms with Gasteiger partial charge in [-0.15, -0.1) is 0 Å². The van der Waals surface area contributed by atoms with Crippen molar-refractivity contribution in [1.29, 1.82) is 0 Å². The second-order valence-electron chi connectivity index (χ2n) is 6.13. The van der Waals surface area contributed by atoms with Gasteiger partial charge in [0.25, 0.3) is 11.6 Å². The van der Waals surface area contributed by atoms with Gasteiger partial charge in [-0.05, 0) is 56.3 Å². The smallest absolute Gasteiger partial charge is 0.259 e. The Bertz CT molecular complexity index is 1150. The second kappa shape index (κ2) is 6.60. The molecule has 134 valence electrons. The minimum absolute atomic E-state index is 0.247. The van der Waals surface area contributed by atoms with Crippen LogP contribution in [0, 0.1) is 19.7 Å². The number of hydrogen-bond acceptors (Lipinski definition) is 5. The highest BCUT2D eigenvalue weighted by Gasteiger charge is 2.20. The van der Waals surface area contributed by atoms with Gasteiger partial charge in [0.1, 0.15) is 11.6 Å². The fraction of sp³-hybridized carbons (Fsp3) is 0.100. The van der Waals surface area contributed by atoms with E-state index in [0.29, 0.717) is 33.7 Å². The topological polar surface area (TPSA) is 80.9 Å². The van der Waals surface area contributed by atoms with Crippen molar-refractivity contribution >= 4 is 22.8 Å². The van der Waals surface area contributed by atoms with Gasteiger partial charge < -0.3 is 9.84 Å². The second-order valence-corrected chi connectivity index (χ2v) is 6.13. The molecule has 0 bridgehead atoms. The lowest BCUT2D eigenvalue weighted by atomic mass is 10.1. The summed E-state index contributed by atoms with van der Waals surface area (Å²) in [6.07, 6.45) is 0. The molecule has 0 spiro atoms. The summed E-state index contributed by atoms with van der Waals surface area (Å²) in [6, 6.07) is 12.9. The monoisotopic (exact) mass is 362 g/mol. The number of anilines is 1. The Morgan fingerprint density at radius 1 is 1.07 bits per heavy atom. The van der Waals surface area contributed by atoms with Gasteiger partial charge in [0.15, 0.2) is 0 Å². The Balaban J connectivity index is 1.81. The number of pyridine rings is 2. The summed E-state index contributed by atoms with van der Waals surface area (Å²) in [5.41, 5.74) is 3.11. The average Bonchev–Trinajstić information content (AvgIpc) is 3.03. The van der Waals surface area contributed by atoms with E-state index in [2.05, 4.69) is 20.4 Å². The van der Waals surface area contributed by atoms with Crippen molar-refractivity contribution in [2.75, 3.05) is 5.32 Å². The number of benzene rings is 1. The molecule has 1 amide bonds. The van der Waals surface area contributed by atoms with Gasteiger partial charge in [-0.1, -0.05) is 11.2 Å². The average molecular weight is 362 g/mol. The van der Waals surface area contributed by atoms with Crippen molar-refractivity contribution in [2.24, 2.45) is 0 Å². The first-order chi connectivity index (χ1) is 13.0. The van der Waals surface area contributed by atoms with Gasteiger partial charge >= 0.3 is 0 Å². The molecule has 0 saturated carbocycles. The molecular weight excluding hydrogens is 347 g/mol. The number of halogens is 1. The van der Waals surface area contributed by atoms with Crippen LogP contribution in [0.15, 0.2) is 53.1 Å². The Kier molecular flexibility index (Phi) is 4.12. The number of nitrogens with one attached hydrogen (secondary N) is 1. The normalized spacial score (nSPS) is 10.9. The van der Waals surface area contributed by atoms with E-state index in [-0.39, 0.29) is 17.4 Å². The first-order valence-corrected chi connectivity index (χ1v) is 8.29. The Morgan fingerprint density at radius 3 is 2.59 bits per heavy atom. The maximum Gasteiger partial charge on any atom is 0.259 e. The van der Waals surface area contributed by atoms with Crippen LogP contribution in [0.1, 0.15) is 21.7 Å². The van der Waals surface area contributed by atoms with Crippen molar-refractivity contribution in [3.05, 3.63) is 71.3 Å². The lowest BCUT2D eigenvalue weighted by Gasteiger charge is -2.08.